The first-order chi connectivity index (χ1) is 12.8. The highest BCUT2D eigenvalue weighted by Crippen LogP contribution is 2.29. The van der Waals surface area contributed by atoms with Crippen molar-refractivity contribution in [2.45, 2.75) is 26.9 Å². The molecule has 1 N–H and O–H groups in total. The molecule has 7 heteroatoms. The molecule has 27 heavy (non-hydrogen) atoms. The molecule has 0 saturated carbocycles. The zero-order valence-electron chi connectivity index (χ0n) is 15.8. The second-order valence-electron chi connectivity index (χ2n) is 6.13. The molecule has 2 aromatic carbocycles. The number of methoxy groups -OCH3 is 1. The molecule has 144 valence electrons. The van der Waals surface area contributed by atoms with Gasteiger partial charge in [-0.15, -0.1) is 0 Å². The second-order valence-corrected chi connectivity index (χ2v) is 6.54. The number of halogens is 1. The van der Waals surface area contributed by atoms with E-state index >= 15 is 0 Å². The number of anilines is 2. The summed E-state index contributed by atoms with van der Waals surface area (Å²) < 4.78 is 10.8. The van der Waals surface area contributed by atoms with E-state index in [0.29, 0.717) is 27.9 Å². The molecule has 0 fully saturated rings. The van der Waals surface area contributed by atoms with Crippen LogP contribution in [0.2, 0.25) is 5.02 Å². The van der Waals surface area contributed by atoms with Crippen LogP contribution in [0, 0.1) is 0 Å². The molecule has 0 aliphatic heterocycles. The van der Waals surface area contributed by atoms with Gasteiger partial charge in [0.2, 0.25) is 11.8 Å². The van der Waals surface area contributed by atoms with Gasteiger partial charge in [-0.05, 0) is 44.2 Å². The molecule has 0 radical (unpaired) electrons. The van der Waals surface area contributed by atoms with Crippen molar-refractivity contribution in [2.75, 3.05) is 23.9 Å². The van der Waals surface area contributed by atoms with Gasteiger partial charge < -0.3 is 19.7 Å². The van der Waals surface area contributed by atoms with E-state index in [-0.39, 0.29) is 24.5 Å². The summed E-state index contributed by atoms with van der Waals surface area (Å²) in [5.74, 6) is 0.436. The maximum absolute atomic E-state index is 12.5. The minimum atomic E-state index is -0.350. The van der Waals surface area contributed by atoms with Crippen LogP contribution in [0.15, 0.2) is 42.5 Å². The first kappa shape index (κ1) is 20.6. The number of rotatable bonds is 7. The smallest absolute Gasteiger partial charge is 0.244 e. The molecule has 0 unspecified atom stereocenters. The zero-order chi connectivity index (χ0) is 20.0. The van der Waals surface area contributed by atoms with Crippen molar-refractivity contribution in [1.82, 2.24) is 0 Å². The van der Waals surface area contributed by atoms with Crippen LogP contribution in [0.1, 0.15) is 20.8 Å². The lowest BCUT2D eigenvalue weighted by Crippen LogP contribution is -2.36. The van der Waals surface area contributed by atoms with Crippen LogP contribution in [-0.2, 0) is 9.59 Å². The first-order valence-electron chi connectivity index (χ1n) is 8.49. The van der Waals surface area contributed by atoms with E-state index in [1.54, 1.807) is 36.4 Å². The largest absolute Gasteiger partial charge is 0.495 e. The summed E-state index contributed by atoms with van der Waals surface area (Å²) in [6.45, 7) is 5.04. The van der Waals surface area contributed by atoms with Gasteiger partial charge in [0.25, 0.3) is 0 Å². The predicted octanol–water partition coefficient (Wildman–Crippen LogP) is 4.13. The van der Waals surface area contributed by atoms with Crippen molar-refractivity contribution in [1.29, 1.82) is 0 Å². The molecule has 0 saturated heterocycles. The zero-order valence-corrected chi connectivity index (χ0v) is 16.5. The standard InChI is InChI=1S/C20H23ClN2O4/c1-13(2)27-19-8-6-5-7-17(19)22-20(25)12-23(14(3)24)15-9-10-18(26-4)16(21)11-15/h5-11,13H,12H2,1-4H3,(H,22,25). The van der Waals surface area contributed by atoms with E-state index in [1.807, 2.05) is 19.9 Å². The number of carbonyl (C=O) groups excluding carboxylic acids is 2. The van der Waals surface area contributed by atoms with Crippen LogP contribution in [-0.4, -0.2) is 31.6 Å². The highest BCUT2D eigenvalue weighted by Gasteiger charge is 2.18. The SMILES string of the molecule is COc1ccc(N(CC(=O)Nc2ccccc2OC(C)C)C(C)=O)cc1Cl. The molecule has 2 amide bonds. The van der Waals surface area contributed by atoms with Crippen LogP contribution in [0.5, 0.6) is 11.5 Å². The molecule has 0 aromatic heterocycles. The summed E-state index contributed by atoms with van der Waals surface area (Å²) in [4.78, 5) is 25.9. The number of carbonyl (C=O) groups is 2. The van der Waals surface area contributed by atoms with Gasteiger partial charge in [-0.2, -0.15) is 0 Å². The summed E-state index contributed by atoms with van der Waals surface area (Å²) in [6.07, 6.45) is -0.0294. The maximum Gasteiger partial charge on any atom is 0.244 e. The third-order valence-electron chi connectivity index (χ3n) is 3.65. The number of hydrogen-bond acceptors (Lipinski definition) is 4. The van der Waals surface area contributed by atoms with Gasteiger partial charge in [-0.25, -0.2) is 0 Å². The molecule has 0 heterocycles. The quantitative estimate of drug-likeness (QED) is 0.771. The number of ether oxygens (including phenoxy) is 2. The Balaban J connectivity index is 2.17. The number of nitrogens with one attached hydrogen (secondary N) is 1. The number of benzene rings is 2. The second kappa shape index (κ2) is 9.28. The molecule has 2 rings (SSSR count). The summed E-state index contributed by atoms with van der Waals surface area (Å²) in [5, 5.41) is 3.15. The first-order valence-corrected chi connectivity index (χ1v) is 8.86. The van der Waals surface area contributed by atoms with Gasteiger partial charge >= 0.3 is 0 Å². The molecule has 0 aliphatic rings. The molecule has 0 bridgehead atoms. The predicted molar refractivity (Wildman–Crippen MR) is 107 cm³/mol. The molecule has 0 atom stereocenters. The van der Waals surface area contributed by atoms with Gasteiger partial charge in [-0.3, -0.25) is 9.59 Å². The number of nitrogens with zero attached hydrogens (tertiary/aromatic N) is 1. The van der Waals surface area contributed by atoms with E-state index in [0.717, 1.165) is 0 Å². The minimum Gasteiger partial charge on any atom is -0.495 e. The fourth-order valence-corrected chi connectivity index (χ4v) is 2.72. The monoisotopic (exact) mass is 390 g/mol. The van der Waals surface area contributed by atoms with Gasteiger partial charge in [0.15, 0.2) is 0 Å². The fourth-order valence-electron chi connectivity index (χ4n) is 2.47. The van der Waals surface area contributed by atoms with Crippen molar-refractivity contribution >= 4 is 34.8 Å². The van der Waals surface area contributed by atoms with Gasteiger partial charge in [0.1, 0.15) is 18.0 Å². The van der Waals surface area contributed by atoms with Crippen molar-refractivity contribution in [2.24, 2.45) is 0 Å². The van der Waals surface area contributed by atoms with Crippen LogP contribution >= 0.6 is 11.6 Å². The molecule has 0 aliphatic carbocycles. The van der Waals surface area contributed by atoms with Crippen molar-refractivity contribution in [3.05, 3.63) is 47.5 Å². The normalized spacial score (nSPS) is 10.4. The Hall–Kier alpha value is -2.73. The summed E-state index contributed by atoms with van der Waals surface area (Å²) in [7, 11) is 1.51. The lowest BCUT2D eigenvalue weighted by Gasteiger charge is -2.22. The van der Waals surface area contributed by atoms with Gasteiger partial charge in [-0.1, -0.05) is 23.7 Å². The van der Waals surface area contributed by atoms with Crippen molar-refractivity contribution in [3.8, 4) is 11.5 Å². The van der Waals surface area contributed by atoms with Crippen LogP contribution in [0.3, 0.4) is 0 Å². The maximum atomic E-state index is 12.5. The van der Waals surface area contributed by atoms with E-state index in [1.165, 1.54) is 18.9 Å². The Morgan fingerprint density at radius 2 is 1.85 bits per heavy atom. The Morgan fingerprint density at radius 1 is 1.15 bits per heavy atom. The third-order valence-corrected chi connectivity index (χ3v) is 3.95. The lowest BCUT2D eigenvalue weighted by atomic mass is 10.2. The van der Waals surface area contributed by atoms with E-state index in [4.69, 9.17) is 21.1 Å². The topological polar surface area (TPSA) is 67.9 Å². The van der Waals surface area contributed by atoms with E-state index in [2.05, 4.69) is 5.32 Å². The number of hydrogen-bond donors (Lipinski definition) is 1. The van der Waals surface area contributed by atoms with Crippen LogP contribution in [0.4, 0.5) is 11.4 Å². The number of para-hydroxylation sites is 2. The van der Waals surface area contributed by atoms with Crippen molar-refractivity contribution in [3.63, 3.8) is 0 Å². The highest BCUT2D eigenvalue weighted by atomic mass is 35.5. The molecule has 6 nitrogen and oxygen atoms in total. The Bertz CT molecular complexity index is 823. The van der Waals surface area contributed by atoms with Crippen LogP contribution < -0.4 is 19.7 Å². The summed E-state index contributed by atoms with van der Waals surface area (Å²) >= 11 is 6.13. The molecular formula is C20H23ClN2O4. The highest BCUT2D eigenvalue weighted by molar-refractivity contribution is 6.32. The fraction of sp³-hybridized carbons (Fsp3) is 0.300. The molecule has 2 aromatic rings. The molecule has 0 spiro atoms. The van der Waals surface area contributed by atoms with Gasteiger partial charge in [0.05, 0.1) is 23.9 Å². The molecular weight excluding hydrogens is 368 g/mol. The Morgan fingerprint density at radius 3 is 2.44 bits per heavy atom. The average Bonchev–Trinajstić information content (AvgIpc) is 2.60. The van der Waals surface area contributed by atoms with Crippen LogP contribution in [0.25, 0.3) is 0 Å². The van der Waals surface area contributed by atoms with E-state index < -0.39 is 0 Å². The van der Waals surface area contributed by atoms with Gasteiger partial charge in [0, 0.05) is 12.6 Å². The third kappa shape index (κ3) is 5.62. The Labute approximate surface area is 164 Å². The summed E-state index contributed by atoms with van der Waals surface area (Å²) in [5.41, 5.74) is 1.06. The minimum absolute atomic E-state index is 0.0294. The van der Waals surface area contributed by atoms with E-state index in [9.17, 15) is 9.59 Å². The number of amides is 2. The lowest BCUT2D eigenvalue weighted by molar-refractivity contribution is -0.120. The summed E-state index contributed by atoms with van der Waals surface area (Å²) in [6, 6.07) is 12.1. The van der Waals surface area contributed by atoms with Crippen molar-refractivity contribution < 1.29 is 19.1 Å². The average molecular weight is 391 g/mol. The Kier molecular flexibility index (Phi) is 7.07.